The van der Waals surface area contributed by atoms with Crippen LogP contribution >= 0.6 is 70.6 Å². The van der Waals surface area contributed by atoms with Gasteiger partial charge < -0.3 is 57.9 Å². The molecule has 10 aromatic rings. The summed E-state index contributed by atoms with van der Waals surface area (Å²) < 4.78 is 39.5. The third kappa shape index (κ3) is 28.7. The number of morpholine rings is 1. The molecule has 39 heteroatoms. The molecule has 13 rings (SSSR count). The SMILES string of the molecule is C=C(O)CSC1=NN=C(c2ccc(OC)c(C)c2OC)C1.CC(=O)CSC1=NN=C(c2ccccc2C(=O)O)C1.CC(=O)CSc1n[nH]c(-c2ccccc2N2CCOCC2)n1.CC(=O)CSc1nnc(-c2cccc(C)c2)n1C.CCc1cc(O)cc(OC)c1-c1nc(SCC(C)=O)n[nH]1.COc1ccc(-c2nc(SCC(C)=O)n[nH]2)c(OC)c1OC. The van der Waals surface area contributed by atoms with Crippen molar-refractivity contribution in [2.24, 2.45) is 27.5 Å². The van der Waals surface area contributed by atoms with Crippen molar-refractivity contribution in [2.75, 3.05) is 108 Å². The number of Topliss-reactive ketones (excluding diaryl/α,β-unsaturated/α-hetero) is 5. The lowest BCUT2D eigenvalue weighted by Crippen LogP contribution is -2.36. The van der Waals surface area contributed by atoms with Crippen LogP contribution in [-0.2, 0) is 42.2 Å². The fourth-order valence-corrected chi connectivity index (χ4v) is 15.5. The number of ketones is 5. The lowest BCUT2D eigenvalue weighted by molar-refractivity contribution is -0.115. The number of aromatic hydroxyl groups is 1. The lowest BCUT2D eigenvalue weighted by Gasteiger charge is -2.30. The maximum atomic E-state index is 11.1. The van der Waals surface area contributed by atoms with Crippen LogP contribution in [0.2, 0.25) is 0 Å². The summed E-state index contributed by atoms with van der Waals surface area (Å²) in [5.41, 5.74) is 10.9. The molecule has 0 bridgehead atoms. The largest absolute Gasteiger partial charge is 0.512 e. The molecule has 33 nitrogen and oxygen atoms in total. The number of nitrogens with zero attached hydrogens (tertiary/aromatic N) is 14. The average molecular weight is 1790 g/mol. The number of nitrogens with one attached hydrogen (secondary N) is 3. The van der Waals surface area contributed by atoms with Crippen LogP contribution in [0.4, 0.5) is 5.69 Å². The topological polar surface area (TPSA) is 436 Å². The van der Waals surface area contributed by atoms with Gasteiger partial charge in [-0.15, -0.1) is 59.2 Å². The van der Waals surface area contributed by atoms with Gasteiger partial charge in [0.05, 0.1) is 124 Å². The van der Waals surface area contributed by atoms with Gasteiger partial charge >= 0.3 is 5.97 Å². The van der Waals surface area contributed by atoms with Gasteiger partial charge in [-0.05, 0) is 115 Å². The molecule has 7 heterocycles. The number of aliphatic hydroxyl groups excluding tert-OH is 1. The van der Waals surface area contributed by atoms with E-state index >= 15 is 0 Å². The highest BCUT2D eigenvalue weighted by atomic mass is 32.2. The molecular weight excluding hydrogens is 1700 g/mol. The highest BCUT2D eigenvalue weighted by molar-refractivity contribution is 8.14. The number of benzene rings is 6. The summed E-state index contributed by atoms with van der Waals surface area (Å²) in [7, 11) is 11.4. The second-order valence-corrected chi connectivity index (χ2v) is 32.6. The number of carbonyl (C=O) groups excluding carboxylic acids is 5. The molecule has 0 atom stereocenters. The fourth-order valence-electron chi connectivity index (χ4n) is 11.6. The van der Waals surface area contributed by atoms with Crippen LogP contribution in [0.5, 0.6) is 40.2 Å². The third-order valence-electron chi connectivity index (χ3n) is 17.2. The van der Waals surface area contributed by atoms with Crippen molar-refractivity contribution in [1.29, 1.82) is 0 Å². The zero-order valence-corrected chi connectivity index (χ0v) is 75.6. The number of aryl methyl sites for hydroxylation is 2. The lowest BCUT2D eigenvalue weighted by atomic mass is 10.0. The summed E-state index contributed by atoms with van der Waals surface area (Å²) in [5.74, 6) is 8.32. The molecule has 0 saturated carbocycles. The molecular formula is C84H97N17O16S6. The number of carbonyl (C=O) groups is 6. The molecule has 3 aliphatic heterocycles. The molecule has 1 saturated heterocycles. The molecule has 0 amide bonds. The number of hydrogen-bond acceptors (Lipinski definition) is 34. The summed E-state index contributed by atoms with van der Waals surface area (Å²) in [6.45, 7) is 20.4. The van der Waals surface area contributed by atoms with Crippen LogP contribution in [0, 0.1) is 13.8 Å². The predicted molar refractivity (Wildman–Crippen MR) is 485 cm³/mol. The van der Waals surface area contributed by atoms with Crippen LogP contribution in [-0.4, -0.2) is 236 Å². The number of anilines is 1. The molecule has 3 aliphatic rings. The first-order valence-electron chi connectivity index (χ1n) is 37.9. The van der Waals surface area contributed by atoms with Gasteiger partial charge in [-0.1, -0.05) is 115 Å². The first-order valence-corrected chi connectivity index (χ1v) is 43.8. The minimum Gasteiger partial charge on any atom is -0.512 e. The van der Waals surface area contributed by atoms with E-state index in [2.05, 4.69) is 99.8 Å². The van der Waals surface area contributed by atoms with E-state index in [9.17, 15) is 33.9 Å². The Morgan fingerprint density at radius 1 is 0.504 bits per heavy atom. The van der Waals surface area contributed by atoms with Crippen molar-refractivity contribution in [3.63, 3.8) is 0 Å². The monoisotopic (exact) mass is 1790 g/mol. The van der Waals surface area contributed by atoms with E-state index in [1.165, 1.54) is 96.9 Å². The average Bonchev–Trinajstić information content (AvgIpc) is 1.82. The Hall–Kier alpha value is -11.6. The fraction of sp³-hybridized carbons (Fsp3) is 0.333. The van der Waals surface area contributed by atoms with E-state index in [-0.39, 0.29) is 46.0 Å². The van der Waals surface area contributed by atoms with Crippen molar-refractivity contribution < 1.29 is 77.2 Å². The Bertz CT molecular complexity index is 5460. The number of carboxylic acid groups (broad SMARTS) is 1. The number of aromatic carboxylic acids is 1. The Balaban J connectivity index is 0.000000183. The quantitative estimate of drug-likeness (QED) is 0.0174. The Morgan fingerprint density at radius 3 is 1.54 bits per heavy atom. The van der Waals surface area contributed by atoms with Gasteiger partial charge in [0.2, 0.25) is 21.2 Å². The van der Waals surface area contributed by atoms with Crippen molar-refractivity contribution in [3.05, 3.63) is 155 Å². The molecule has 650 valence electrons. The van der Waals surface area contributed by atoms with E-state index < -0.39 is 5.97 Å². The minimum absolute atomic E-state index is 0.0695. The normalized spacial score (nSPS) is 12.4. The van der Waals surface area contributed by atoms with Gasteiger partial charge in [0.1, 0.15) is 62.0 Å². The summed E-state index contributed by atoms with van der Waals surface area (Å²) in [4.78, 5) is 81.6. The van der Waals surface area contributed by atoms with Crippen LogP contribution in [0.1, 0.15) is 92.6 Å². The first kappa shape index (κ1) is 96.8. The molecule has 0 aliphatic carbocycles. The van der Waals surface area contributed by atoms with Crippen LogP contribution < -0.4 is 33.3 Å². The van der Waals surface area contributed by atoms with E-state index in [0.29, 0.717) is 114 Å². The van der Waals surface area contributed by atoms with Crippen LogP contribution in [0.3, 0.4) is 0 Å². The van der Waals surface area contributed by atoms with Gasteiger partial charge in [-0.2, -0.15) is 10.2 Å². The van der Waals surface area contributed by atoms with Gasteiger partial charge in [-0.3, -0.25) is 39.3 Å². The number of rotatable bonds is 31. The molecule has 0 unspecified atom stereocenters. The highest BCUT2D eigenvalue weighted by Crippen LogP contribution is 2.44. The van der Waals surface area contributed by atoms with Crippen LogP contribution in [0.15, 0.2) is 163 Å². The van der Waals surface area contributed by atoms with Gasteiger partial charge in [0, 0.05) is 72.5 Å². The number of methoxy groups -OCH3 is 6. The summed E-state index contributed by atoms with van der Waals surface area (Å²) in [6, 6.07) is 33.6. The maximum Gasteiger partial charge on any atom is 0.336 e. The van der Waals surface area contributed by atoms with E-state index in [1.807, 2.05) is 80.9 Å². The summed E-state index contributed by atoms with van der Waals surface area (Å²) in [6.07, 6.45) is 1.82. The Morgan fingerprint density at radius 2 is 1.00 bits per heavy atom. The van der Waals surface area contributed by atoms with E-state index in [0.717, 1.165) is 116 Å². The molecule has 6 aromatic carbocycles. The predicted octanol–water partition coefficient (Wildman–Crippen LogP) is 14.6. The molecule has 0 radical (unpaired) electrons. The van der Waals surface area contributed by atoms with E-state index in [1.54, 1.807) is 105 Å². The number of aliphatic hydroxyl groups is 1. The number of aromatic nitrogens is 12. The zero-order chi connectivity index (χ0) is 89.2. The Kier molecular flexibility index (Phi) is 38.5. The number of H-pyrrole nitrogens is 3. The Labute approximate surface area is 737 Å². The van der Waals surface area contributed by atoms with Crippen molar-refractivity contribution in [2.45, 2.75) is 95.3 Å². The second kappa shape index (κ2) is 48.9. The molecule has 1 fully saturated rings. The van der Waals surface area contributed by atoms with Crippen LogP contribution in [0.25, 0.3) is 45.6 Å². The van der Waals surface area contributed by atoms with Gasteiger partial charge in [-0.25, -0.2) is 19.7 Å². The van der Waals surface area contributed by atoms with Gasteiger partial charge in [0.25, 0.3) is 0 Å². The summed E-state index contributed by atoms with van der Waals surface area (Å²) in [5, 5.41) is 77.7. The number of phenols is 1. The number of aromatic amines is 3. The highest BCUT2D eigenvalue weighted by Gasteiger charge is 2.26. The number of ether oxygens (including phenoxy) is 7. The number of hydrogen-bond donors (Lipinski definition) is 6. The number of phenolic OH excluding ortho intramolecular Hbond substituents is 1. The third-order valence-corrected chi connectivity index (χ3v) is 23.5. The zero-order valence-electron chi connectivity index (χ0n) is 70.7. The number of para-hydroxylation sites is 1. The minimum atomic E-state index is -0.983. The van der Waals surface area contributed by atoms with Crippen molar-refractivity contribution in [1.82, 2.24) is 60.3 Å². The summed E-state index contributed by atoms with van der Waals surface area (Å²) >= 11 is 8.10. The smallest absolute Gasteiger partial charge is 0.336 e. The standard InChI is InChI=1S/C15H18N4O2S.C15H18N2O3S.C14H17N3O4S.C14H17N3O3S.C13H15N3OS.C13H12N2O3S/c1-11(20)10-22-15-16-14(17-18-15)12-4-2-3-5-13(12)19-6-8-21-9-7-19;1-9(18)8-21-14-7-12(16-17-14)11-5-6-13(19-3)10(2)15(11)20-4;1-8(18)7-22-14-15-13(16-17-14)9-5-6-10(19-2)12(21-4)11(9)20-3;1-4-9-5-10(19)6-11(20-3)12(9)13-15-14(17-16-13)21-7-8(2)18;1-9-5-4-6-11(7-9)12-14-15-13(16(12)3)18-8-10(2)17;1-8(16)7-19-12-6-11(14-15-12)9-4-2-3-5-10(9)13(17)18/h2-5H,6-10H2,1H3,(H,16,17,18);5-6,18H,1,7-8H2,2-4H3;5-6H,7H2,1-4H3,(H,15,16,17);5-6,19H,4,7H2,1-3H3,(H,15,16,17);4-7H,8H2,1-3H3;2-5H,6-7H2,1H3,(H,17,18). The van der Waals surface area contributed by atoms with Crippen molar-refractivity contribution >= 4 is 133 Å². The molecule has 4 aromatic heterocycles. The number of thioether (sulfide) groups is 6. The van der Waals surface area contributed by atoms with Gasteiger partial charge in [0.15, 0.2) is 40.0 Å². The molecule has 123 heavy (non-hydrogen) atoms. The molecule has 0 spiro atoms. The first-order chi connectivity index (χ1) is 59.1. The van der Waals surface area contributed by atoms with Crippen molar-refractivity contribution in [3.8, 4) is 85.8 Å². The second-order valence-electron chi connectivity index (χ2n) is 26.7. The maximum absolute atomic E-state index is 11.1. The van der Waals surface area contributed by atoms with E-state index in [4.69, 9.17) is 43.4 Å². The molecule has 6 N–H and O–H groups in total. The number of carboxylic acids is 1.